The summed E-state index contributed by atoms with van der Waals surface area (Å²) in [6.07, 6.45) is 0.738. The average molecular weight is 515 g/mol. The summed E-state index contributed by atoms with van der Waals surface area (Å²) < 4.78 is 0. The van der Waals surface area contributed by atoms with Gasteiger partial charge in [0.15, 0.2) is 0 Å². The summed E-state index contributed by atoms with van der Waals surface area (Å²) in [7, 11) is 0. The van der Waals surface area contributed by atoms with Crippen molar-refractivity contribution in [1.29, 1.82) is 0 Å². The number of anilines is 1. The minimum Gasteiger partial charge on any atom is -0.481 e. The molecule has 36 heavy (non-hydrogen) atoms. The lowest BCUT2D eigenvalue weighted by atomic mass is 9.65. The Morgan fingerprint density at radius 3 is 2.22 bits per heavy atom. The second-order valence-electron chi connectivity index (χ2n) is 10.1. The first-order chi connectivity index (χ1) is 16.8. The Hall–Kier alpha value is -3.39. The van der Waals surface area contributed by atoms with Crippen molar-refractivity contribution in [2.45, 2.75) is 53.0 Å². The first-order valence-electron chi connectivity index (χ1n) is 11.7. The molecule has 1 aliphatic rings. The van der Waals surface area contributed by atoms with Gasteiger partial charge < -0.3 is 20.8 Å². The number of amides is 2. The molecule has 3 rings (SSSR count). The van der Waals surface area contributed by atoms with E-state index in [1.165, 1.54) is 0 Å². The molecule has 0 aromatic heterocycles. The van der Waals surface area contributed by atoms with Gasteiger partial charge in [-0.3, -0.25) is 14.4 Å². The fourth-order valence-corrected chi connectivity index (χ4v) is 5.19. The Labute approximate surface area is 215 Å². The largest absolute Gasteiger partial charge is 0.481 e. The number of aryl methyl sites for hydroxylation is 1. The number of aliphatic carboxylic acids is 2. The summed E-state index contributed by atoms with van der Waals surface area (Å²) in [6, 6.07) is 10.7. The van der Waals surface area contributed by atoms with E-state index in [0.717, 1.165) is 5.56 Å². The molecule has 3 atom stereocenters. The van der Waals surface area contributed by atoms with E-state index in [9.17, 15) is 29.4 Å². The van der Waals surface area contributed by atoms with E-state index in [2.05, 4.69) is 10.6 Å². The van der Waals surface area contributed by atoms with Crippen molar-refractivity contribution in [3.05, 3.63) is 64.2 Å². The SMILES string of the molecule is Cc1cccc(Cl)c1C(=O)Nc1ccc(C[C@H](NC(=O)C2CCC(C)(C(=O)O)C2(C)C)C(=O)O)cc1. The number of benzene rings is 2. The summed E-state index contributed by atoms with van der Waals surface area (Å²) in [5.41, 5.74) is 0.370. The highest BCUT2D eigenvalue weighted by atomic mass is 35.5. The van der Waals surface area contributed by atoms with Gasteiger partial charge in [0.1, 0.15) is 6.04 Å². The molecule has 1 fully saturated rings. The Balaban J connectivity index is 1.68. The highest BCUT2D eigenvalue weighted by Crippen LogP contribution is 2.56. The third-order valence-corrected chi connectivity index (χ3v) is 8.04. The molecular formula is C27H31ClN2O6. The van der Waals surface area contributed by atoms with Gasteiger partial charge in [-0.15, -0.1) is 0 Å². The molecule has 9 heteroatoms. The van der Waals surface area contributed by atoms with Crippen LogP contribution in [0.4, 0.5) is 5.69 Å². The van der Waals surface area contributed by atoms with Crippen LogP contribution in [0.15, 0.2) is 42.5 Å². The van der Waals surface area contributed by atoms with Crippen LogP contribution in [0, 0.1) is 23.7 Å². The van der Waals surface area contributed by atoms with Crippen LogP contribution in [0.1, 0.15) is 55.1 Å². The number of hydrogen-bond acceptors (Lipinski definition) is 4. The lowest BCUT2D eigenvalue weighted by Crippen LogP contribution is -2.49. The van der Waals surface area contributed by atoms with Crippen molar-refractivity contribution in [1.82, 2.24) is 5.32 Å². The van der Waals surface area contributed by atoms with Crippen LogP contribution >= 0.6 is 11.6 Å². The Bertz CT molecular complexity index is 1170. The molecule has 1 saturated carbocycles. The standard InChI is InChI=1S/C27H31ClN2O6/c1-15-6-5-7-19(28)21(15)23(32)29-17-10-8-16(9-11-17)14-20(24(33)34)30-22(31)18-12-13-27(4,25(35)36)26(18,2)3/h5-11,18,20H,12-14H2,1-4H3,(H,29,32)(H,30,31)(H,33,34)(H,35,36)/t18?,20-,27?/m0/s1. The summed E-state index contributed by atoms with van der Waals surface area (Å²) in [5, 5.41) is 25.1. The van der Waals surface area contributed by atoms with Crippen molar-refractivity contribution in [2.24, 2.45) is 16.7 Å². The number of hydrogen-bond donors (Lipinski definition) is 4. The highest BCUT2D eigenvalue weighted by Gasteiger charge is 2.58. The zero-order valence-electron chi connectivity index (χ0n) is 20.7. The number of carboxylic acid groups (broad SMARTS) is 2. The maximum absolute atomic E-state index is 13.0. The van der Waals surface area contributed by atoms with Gasteiger partial charge in [0.05, 0.1) is 16.0 Å². The molecule has 0 radical (unpaired) electrons. The minimum atomic E-state index is -1.19. The monoisotopic (exact) mass is 514 g/mol. The van der Waals surface area contributed by atoms with Gasteiger partial charge >= 0.3 is 11.9 Å². The van der Waals surface area contributed by atoms with Gasteiger partial charge in [-0.25, -0.2) is 4.79 Å². The van der Waals surface area contributed by atoms with Crippen molar-refractivity contribution < 1.29 is 29.4 Å². The topological polar surface area (TPSA) is 133 Å². The molecule has 0 aliphatic heterocycles. The Morgan fingerprint density at radius 2 is 1.69 bits per heavy atom. The number of carboxylic acids is 2. The van der Waals surface area contributed by atoms with Crippen molar-refractivity contribution in [2.75, 3.05) is 5.32 Å². The summed E-state index contributed by atoms with van der Waals surface area (Å²) in [5.74, 6) is -3.59. The van der Waals surface area contributed by atoms with Crippen LogP contribution < -0.4 is 10.6 Å². The highest BCUT2D eigenvalue weighted by molar-refractivity contribution is 6.34. The second-order valence-corrected chi connectivity index (χ2v) is 10.5. The molecule has 0 spiro atoms. The quantitative estimate of drug-likeness (QED) is 0.409. The van der Waals surface area contributed by atoms with Crippen LogP contribution in [-0.4, -0.2) is 40.0 Å². The van der Waals surface area contributed by atoms with Gasteiger partial charge in [0.2, 0.25) is 5.91 Å². The summed E-state index contributed by atoms with van der Waals surface area (Å²) in [6.45, 7) is 6.90. The zero-order valence-corrected chi connectivity index (χ0v) is 21.5. The molecule has 0 heterocycles. The molecule has 8 nitrogen and oxygen atoms in total. The first kappa shape index (κ1) is 27.2. The molecule has 0 saturated heterocycles. The van der Waals surface area contributed by atoms with Crippen LogP contribution in [0.25, 0.3) is 0 Å². The van der Waals surface area contributed by atoms with Gasteiger partial charge in [-0.05, 0) is 61.4 Å². The minimum absolute atomic E-state index is 0.0300. The third-order valence-electron chi connectivity index (χ3n) is 7.73. The number of nitrogens with one attached hydrogen (secondary N) is 2. The Kier molecular flexibility index (Phi) is 7.79. The molecule has 2 unspecified atom stereocenters. The van der Waals surface area contributed by atoms with Gasteiger partial charge in [0.25, 0.3) is 5.91 Å². The van der Waals surface area contributed by atoms with Gasteiger partial charge in [0, 0.05) is 18.0 Å². The number of carbonyl (C=O) groups is 4. The summed E-state index contributed by atoms with van der Waals surface area (Å²) in [4.78, 5) is 49.4. The number of carbonyl (C=O) groups excluding carboxylic acids is 2. The lowest BCUT2D eigenvalue weighted by Gasteiger charge is -2.38. The van der Waals surface area contributed by atoms with Gasteiger partial charge in [-0.2, -0.15) is 0 Å². The average Bonchev–Trinajstić information content (AvgIpc) is 3.04. The van der Waals surface area contributed by atoms with Crippen LogP contribution in [0.3, 0.4) is 0 Å². The zero-order chi connectivity index (χ0) is 26.8. The van der Waals surface area contributed by atoms with Crippen LogP contribution in [0.5, 0.6) is 0 Å². The maximum Gasteiger partial charge on any atom is 0.326 e. The number of halogens is 1. The maximum atomic E-state index is 13.0. The van der Waals surface area contributed by atoms with E-state index in [0.29, 0.717) is 34.7 Å². The molecule has 2 aromatic carbocycles. The fourth-order valence-electron chi connectivity index (χ4n) is 4.89. The second kappa shape index (κ2) is 10.3. The Morgan fingerprint density at radius 1 is 1.06 bits per heavy atom. The molecule has 192 valence electrons. The van der Waals surface area contributed by atoms with E-state index in [1.54, 1.807) is 70.2 Å². The predicted molar refractivity (Wildman–Crippen MR) is 136 cm³/mol. The van der Waals surface area contributed by atoms with Gasteiger partial charge in [-0.1, -0.05) is 49.7 Å². The van der Waals surface area contributed by atoms with Crippen molar-refractivity contribution in [3.8, 4) is 0 Å². The normalized spacial score (nSPS) is 21.4. The predicted octanol–water partition coefficient (Wildman–Crippen LogP) is 4.54. The van der Waals surface area contributed by atoms with E-state index < -0.39 is 40.6 Å². The molecule has 4 N–H and O–H groups in total. The van der Waals surface area contributed by atoms with E-state index in [-0.39, 0.29) is 12.3 Å². The number of rotatable bonds is 8. The molecule has 1 aliphatic carbocycles. The van der Waals surface area contributed by atoms with E-state index in [4.69, 9.17) is 11.6 Å². The van der Waals surface area contributed by atoms with Crippen molar-refractivity contribution >= 4 is 41.0 Å². The third kappa shape index (κ3) is 5.23. The van der Waals surface area contributed by atoms with Crippen molar-refractivity contribution in [3.63, 3.8) is 0 Å². The first-order valence-corrected chi connectivity index (χ1v) is 12.1. The lowest BCUT2D eigenvalue weighted by molar-refractivity contribution is -0.155. The fraction of sp³-hybridized carbons (Fsp3) is 0.407. The molecule has 2 aromatic rings. The van der Waals surface area contributed by atoms with Crippen LogP contribution in [0.2, 0.25) is 5.02 Å². The smallest absolute Gasteiger partial charge is 0.326 e. The molecule has 2 amide bonds. The van der Waals surface area contributed by atoms with Crippen LogP contribution in [-0.2, 0) is 20.8 Å². The van der Waals surface area contributed by atoms with E-state index >= 15 is 0 Å². The molecular weight excluding hydrogens is 484 g/mol. The van der Waals surface area contributed by atoms with E-state index in [1.807, 2.05) is 0 Å². The molecule has 0 bridgehead atoms. The summed E-state index contributed by atoms with van der Waals surface area (Å²) >= 11 is 6.16.